The highest BCUT2D eigenvalue weighted by Gasteiger charge is 2.15. The van der Waals surface area contributed by atoms with Crippen molar-refractivity contribution in [2.24, 2.45) is 5.73 Å². The van der Waals surface area contributed by atoms with Crippen molar-refractivity contribution in [3.63, 3.8) is 0 Å². The molecule has 0 aliphatic rings. The molecule has 1 atom stereocenters. The minimum absolute atomic E-state index is 0.0561. The summed E-state index contributed by atoms with van der Waals surface area (Å²) in [6, 6.07) is -1.32. The van der Waals surface area contributed by atoms with Crippen LogP contribution < -0.4 is 16.4 Å². The number of rotatable bonds is 6. The smallest absolute Gasteiger partial charge is 0.323 e. The minimum atomic E-state index is -0.757. The maximum Gasteiger partial charge on any atom is 0.323 e. The molecule has 8 heteroatoms. The number of esters is 1. The molecule has 0 spiro atoms. The topological polar surface area (TPSA) is 111 Å². The molecule has 0 bridgehead atoms. The molecule has 0 aromatic carbocycles. The third-order valence-electron chi connectivity index (χ3n) is 1.60. The summed E-state index contributed by atoms with van der Waals surface area (Å²) < 4.78 is 4.70. The quantitative estimate of drug-likeness (QED) is 0.534. The lowest BCUT2D eigenvalue weighted by Gasteiger charge is -2.09. The third-order valence-corrected chi connectivity index (χ3v) is 2.66. The minimum Gasteiger partial charge on any atom is -0.465 e. The van der Waals surface area contributed by atoms with E-state index in [2.05, 4.69) is 10.6 Å². The van der Waals surface area contributed by atoms with E-state index in [4.69, 9.17) is 10.5 Å². The summed E-state index contributed by atoms with van der Waals surface area (Å²) in [5.74, 6) is -0.613. The normalized spacial score (nSPS) is 11.5. The predicted molar refractivity (Wildman–Crippen MR) is 64.5 cm³/mol. The Morgan fingerprint density at radius 3 is 2.59 bits per heavy atom. The second kappa shape index (κ2) is 8.82. The number of hydrogen-bond acceptors (Lipinski definition) is 6. The summed E-state index contributed by atoms with van der Waals surface area (Å²) in [4.78, 5) is 33.0. The van der Waals surface area contributed by atoms with Crippen LogP contribution in [0.3, 0.4) is 0 Å². The largest absolute Gasteiger partial charge is 0.465 e. The van der Waals surface area contributed by atoms with E-state index in [1.54, 1.807) is 6.92 Å². The van der Waals surface area contributed by atoms with Crippen LogP contribution in [0.1, 0.15) is 6.92 Å². The summed E-state index contributed by atoms with van der Waals surface area (Å²) in [6.45, 7) is 1.96. The van der Waals surface area contributed by atoms with Crippen molar-refractivity contribution in [2.75, 3.05) is 25.2 Å². The van der Waals surface area contributed by atoms with Gasteiger partial charge in [0.25, 0.3) is 0 Å². The molecule has 7 nitrogen and oxygen atoms in total. The van der Waals surface area contributed by atoms with Gasteiger partial charge in [-0.25, -0.2) is 4.79 Å². The molecule has 0 rings (SSSR count). The van der Waals surface area contributed by atoms with Crippen molar-refractivity contribution in [2.45, 2.75) is 13.0 Å². The zero-order valence-corrected chi connectivity index (χ0v) is 10.6. The Bertz CT molecular complexity index is 285. The van der Waals surface area contributed by atoms with Gasteiger partial charge in [-0.1, -0.05) is 0 Å². The van der Waals surface area contributed by atoms with Crippen molar-refractivity contribution in [3.05, 3.63) is 0 Å². The highest BCUT2D eigenvalue weighted by Crippen LogP contribution is 2.02. The molecule has 98 valence electrons. The van der Waals surface area contributed by atoms with Gasteiger partial charge in [-0.05, 0) is 6.92 Å². The van der Waals surface area contributed by atoms with Crippen molar-refractivity contribution >= 4 is 29.7 Å². The van der Waals surface area contributed by atoms with Gasteiger partial charge >= 0.3 is 12.0 Å². The van der Waals surface area contributed by atoms with E-state index in [0.29, 0.717) is 0 Å². The maximum atomic E-state index is 11.1. The van der Waals surface area contributed by atoms with Gasteiger partial charge in [0.2, 0.25) is 5.91 Å². The number of carbonyl (C=O) groups is 3. The molecule has 0 aromatic heterocycles. The molecule has 17 heavy (non-hydrogen) atoms. The Hall–Kier alpha value is -1.28. The van der Waals surface area contributed by atoms with E-state index in [1.807, 2.05) is 0 Å². The van der Waals surface area contributed by atoms with Crippen molar-refractivity contribution in [3.8, 4) is 0 Å². The first-order chi connectivity index (χ1) is 8.01. The molecule has 4 N–H and O–H groups in total. The van der Waals surface area contributed by atoms with Crippen molar-refractivity contribution in [1.82, 2.24) is 10.6 Å². The molecule has 0 radical (unpaired) electrons. The summed E-state index contributed by atoms with van der Waals surface area (Å²) in [5, 5.41) is 4.34. The van der Waals surface area contributed by atoms with E-state index < -0.39 is 23.9 Å². The van der Waals surface area contributed by atoms with Gasteiger partial charge in [0.15, 0.2) is 0 Å². The highest BCUT2D eigenvalue weighted by molar-refractivity contribution is 8.00. The molecule has 0 saturated heterocycles. The fraction of sp³-hybridized carbons (Fsp3) is 0.667. The van der Waals surface area contributed by atoms with Crippen LogP contribution in [-0.4, -0.2) is 49.1 Å². The summed E-state index contributed by atoms with van der Waals surface area (Å²) >= 11 is 1.16. The Kier molecular flexibility index (Phi) is 8.16. The van der Waals surface area contributed by atoms with Crippen LogP contribution in [0.5, 0.6) is 0 Å². The third kappa shape index (κ3) is 7.58. The van der Waals surface area contributed by atoms with Gasteiger partial charge in [0.05, 0.1) is 12.4 Å². The molecular weight excluding hydrogens is 246 g/mol. The Balaban J connectivity index is 3.72. The van der Waals surface area contributed by atoms with Crippen LogP contribution in [0.2, 0.25) is 0 Å². The van der Waals surface area contributed by atoms with E-state index in [-0.39, 0.29) is 18.1 Å². The van der Waals surface area contributed by atoms with Gasteiger partial charge in [0.1, 0.15) is 6.04 Å². The molecule has 0 heterocycles. The number of nitrogens with two attached hydrogens (primary N) is 1. The first-order valence-corrected chi connectivity index (χ1v) is 6.18. The molecule has 0 aliphatic carbocycles. The van der Waals surface area contributed by atoms with Crippen LogP contribution in [0, 0.1) is 0 Å². The van der Waals surface area contributed by atoms with Gasteiger partial charge in [-0.2, -0.15) is 0 Å². The van der Waals surface area contributed by atoms with Gasteiger partial charge in [-0.3, -0.25) is 14.9 Å². The average molecular weight is 263 g/mol. The number of amides is 3. The summed E-state index contributed by atoms with van der Waals surface area (Å²) in [7, 11) is 1.41. The second-order valence-electron chi connectivity index (χ2n) is 3.00. The lowest BCUT2D eigenvalue weighted by molar-refractivity contribution is -0.144. The van der Waals surface area contributed by atoms with Crippen LogP contribution >= 0.6 is 11.8 Å². The number of nitrogens with one attached hydrogen (secondary N) is 2. The van der Waals surface area contributed by atoms with Crippen LogP contribution in [0.25, 0.3) is 0 Å². The Labute approximate surface area is 104 Å². The molecule has 0 saturated carbocycles. The number of hydrogen-bond donors (Lipinski definition) is 3. The Morgan fingerprint density at radius 1 is 1.41 bits per heavy atom. The lowest BCUT2D eigenvalue weighted by atomic mass is 10.4. The zero-order chi connectivity index (χ0) is 13.3. The van der Waals surface area contributed by atoms with Crippen LogP contribution in [0.15, 0.2) is 0 Å². The van der Waals surface area contributed by atoms with Crippen molar-refractivity contribution in [1.29, 1.82) is 0 Å². The Morgan fingerprint density at radius 2 is 2.06 bits per heavy atom. The molecule has 0 aliphatic heterocycles. The lowest BCUT2D eigenvalue weighted by Crippen LogP contribution is -2.39. The number of imide groups is 1. The molecule has 3 amide bonds. The second-order valence-corrected chi connectivity index (χ2v) is 4.03. The van der Waals surface area contributed by atoms with E-state index in [9.17, 15) is 14.4 Å². The SMILES string of the molecule is CCOC(=O)C(N)CSCC(=O)NC(=O)NC. The number of carbonyl (C=O) groups excluding carboxylic acids is 3. The maximum absolute atomic E-state index is 11.1. The fourth-order valence-electron chi connectivity index (χ4n) is 0.821. The first kappa shape index (κ1) is 15.7. The van der Waals surface area contributed by atoms with Crippen molar-refractivity contribution < 1.29 is 19.1 Å². The standard InChI is InChI=1S/C9H17N3O4S/c1-3-16-8(14)6(10)4-17-5-7(13)12-9(15)11-2/h6H,3-5,10H2,1-2H3,(H2,11,12,13,15). The van der Waals surface area contributed by atoms with E-state index in [1.165, 1.54) is 7.05 Å². The predicted octanol–water partition coefficient (Wildman–Crippen LogP) is -0.934. The summed E-state index contributed by atoms with van der Waals surface area (Å²) in [6.07, 6.45) is 0. The first-order valence-electron chi connectivity index (χ1n) is 5.02. The average Bonchev–Trinajstić information content (AvgIpc) is 2.28. The van der Waals surface area contributed by atoms with Crippen LogP contribution in [0.4, 0.5) is 4.79 Å². The summed E-state index contributed by atoms with van der Waals surface area (Å²) in [5.41, 5.74) is 5.51. The van der Waals surface area contributed by atoms with E-state index in [0.717, 1.165) is 11.8 Å². The molecule has 0 aromatic rings. The molecule has 0 fully saturated rings. The number of thioether (sulfide) groups is 1. The monoisotopic (exact) mass is 263 g/mol. The van der Waals surface area contributed by atoms with Gasteiger partial charge < -0.3 is 15.8 Å². The van der Waals surface area contributed by atoms with Gasteiger partial charge in [-0.15, -0.1) is 11.8 Å². The van der Waals surface area contributed by atoms with Gasteiger partial charge in [0, 0.05) is 12.8 Å². The zero-order valence-electron chi connectivity index (χ0n) is 9.82. The number of ether oxygens (including phenoxy) is 1. The van der Waals surface area contributed by atoms with Crippen LogP contribution in [-0.2, 0) is 14.3 Å². The molecular formula is C9H17N3O4S. The fourth-order valence-corrected chi connectivity index (χ4v) is 1.59. The van der Waals surface area contributed by atoms with E-state index >= 15 is 0 Å². The highest BCUT2D eigenvalue weighted by atomic mass is 32.2. The number of urea groups is 1. The molecule has 1 unspecified atom stereocenters.